The Labute approximate surface area is 254 Å². The van der Waals surface area contributed by atoms with Crippen molar-refractivity contribution in [3.05, 3.63) is 107 Å². The first-order valence-electron chi connectivity index (χ1n) is 14.1. The summed E-state index contributed by atoms with van der Waals surface area (Å²) >= 11 is 0. The summed E-state index contributed by atoms with van der Waals surface area (Å²) in [6.45, 7) is 10.1. The van der Waals surface area contributed by atoms with Crippen LogP contribution in [0.5, 0.6) is 17.2 Å². The molecule has 226 valence electrons. The average molecular weight is 602 g/mol. The molecule has 0 unspecified atom stereocenters. The van der Waals surface area contributed by atoms with Crippen LogP contribution in [0.1, 0.15) is 73.1 Å². The van der Waals surface area contributed by atoms with Crippen LogP contribution in [0.2, 0.25) is 0 Å². The Morgan fingerprint density at radius 2 is 1.47 bits per heavy atom. The number of benzene rings is 4. The first-order valence-corrected chi connectivity index (χ1v) is 15.6. The van der Waals surface area contributed by atoms with E-state index in [4.69, 9.17) is 9.47 Å². The van der Waals surface area contributed by atoms with Crippen LogP contribution in [-0.2, 0) is 21.7 Å². The van der Waals surface area contributed by atoms with Crippen molar-refractivity contribution in [2.45, 2.75) is 62.2 Å². The topological polar surface area (TPSA) is 102 Å². The standard InChI is InChI=1S/C35H39NO6S/c1-22(2)27-13-9-8-12-23(27)20-24-21-28(33(42-7)31(37)32(24)41-6)34(38)36-25-16-18-26(19-17-25)43(39,40)30-15-11-10-14-29(30)35(3,4)5/h8-19,21-22,37H,20H2,1-7H3,(H,36,38). The van der Waals surface area contributed by atoms with Crippen LogP contribution in [0.25, 0.3) is 0 Å². The number of sulfone groups is 1. The summed E-state index contributed by atoms with van der Waals surface area (Å²) in [5.41, 5.74) is 3.70. The number of rotatable bonds is 9. The fourth-order valence-electron chi connectivity index (χ4n) is 5.25. The number of carbonyl (C=O) groups is 1. The van der Waals surface area contributed by atoms with E-state index in [1.807, 2.05) is 51.1 Å². The zero-order valence-corrected chi connectivity index (χ0v) is 26.5. The number of anilines is 1. The summed E-state index contributed by atoms with van der Waals surface area (Å²) < 4.78 is 38.1. The van der Waals surface area contributed by atoms with Gasteiger partial charge < -0.3 is 19.9 Å². The highest BCUT2D eigenvalue weighted by atomic mass is 32.2. The molecule has 0 aromatic heterocycles. The van der Waals surface area contributed by atoms with Gasteiger partial charge in [-0.2, -0.15) is 0 Å². The third-order valence-corrected chi connectivity index (χ3v) is 9.23. The molecule has 1 amide bonds. The quantitative estimate of drug-likeness (QED) is 0.206. The Hall–Kier alpha value is -4.30. The van der Waals surface area contributed by atoms with Gasteiger partial charge in [0.1, 0.15) is 0 Å². The van der Waals surface area contributed by atoms with Gasteiger partial charge in [-0.3, -0.25) is 4.79 Å². The van der Waals surface area contributed by atoms with Gasteiger partial charge in [-0.25, -0.2) is 8.42 Å². The van der Waals surface area contributed by atoms with Gasteiger partial charge in [-0.15, -0.1) is 0 Å². The fraction of sp³-hybridized carbons (Fsp3) is 0.286. The van der Waals surface area contributed by atoms with E-state index < -0.39 is 15.7 Å². The predicted molar refractivity (Wildman–Crippen MR) is 170 cm³/mol. The van der Waals surface area contributed by atoms with E-state index in [0.29, 0.717) is 17.7 Å². The number of ether oxygens (including phenoxy) is 2. The van der Waals surface area contributed by atoms with Gasteiger partial charge in [-0.05, 0) is 64.4 Å². The van der Waals surface area contributed by atoms with E-state index in [-0.39, 0.29) is 43.9 Å². The molecule has 4 aromatic rings. The van der Waals surface area contributed by atoms with Crippen LogP contribution in [0, 0.1) is 0 Å². The van der Waals surface area contributed by atoms with Crippen molar-refractivity contribution in [1.82, 2.24) is 0 Å². The van der Waals surface area contributed by atoms with Crippen molar-refractivity contribution in [1.29, 1.82) is 0 Å². The molecule has 0 heterocycles. The van der Waals surface area contributed by atoms with Crippen molar-refractivity contribution < 1.29 is 27.8 Å². The van der Waals surface area contributed by atoms with Gasteiger partial charge >= 0.3 is 0 Å². The molecule has 4 rings (SSSR count). The lowest BCUT2D eigenvalue weighted by Gasteiger charge is -2.22. The molecule has 8 heteroatoms. The SMILES string of the molecule is COc1c(Cc2ccccc2C(C)C)cc(C(=O)Nc2ccc(S(=O)(=O)c3ccccc3C(C)(C)C)cc2)c(OC)c1O. The van der Waals surface area contributed by atoms with Crippen molar-refractivity contribution in [3.63, 3.8) is 0 Å². The van der Waals surface area contributed by atoms with Crippen molar-refractivity contribution in [2.24, 2.45) is 0 Å². The molecule has 0 radical (unpaired) electrons. The Morgan fingerprint density at radius 3 is 2.07 bits per heavy atom. The molecule has 0 saturated carbocycles. The van der Waals surface area contributed by atoms with E-state index in [2.05, 4.69) is 25.2 Å². The Bertz CT molecular complexity index is 1740. The molecule has 0 aliphatic carbocycles. The first kappa shape index (κ1) is 31.6. The number of nitrogens with one attached hydrogen (secondary N) is 1. The van der Waals surface area contributed by atoms with Crippen molar-refractivity contribution in [3.8, 4) is 17.2 Å². The van der Waals surface area contributed by atoms with Crippen LogP contribution in [0.3, 0.4) is 0 Å². The maximum Gasteiger partial charge on any atom is 0.259 e. The number of amides is 1. The zero-order valence-electron chi connectivity index (χ0n) is 25.7. The van der Waals surface area contributed by atoms with Gasteiger partial charge in [0, 0.05) is 17.7 Å². The van der Waals surface area contributed by atoms with Crippen LogP contribution in [0.15, 0.2) is 88.7 Å². The maximum absolute atomic E-state index is 13.5. The molecule has 0 aliphatic heterocycles. The minimum absolute atomic E-state index is 0.0202. The molecule has 2 N–H and O–H groups in total. The summed E-state index contributed by atoms with van der Waals surface area (Å²) in [7, 11) is -0.970. The molecule has 43 heavy (non-hydrogen) atoms. The van der Waals surface area contributed by atoms with Gasteiger partial charge in [0.2, 0.25) is 15.6 Å². The third-order valence-electron chi connectivity index (χ3n) is 7.40. The average Bonchev–Trinajstić information content (AvgIpc) is 2.97. The molecule has 7 nitrogen and oxygen atoms in total. The molecule has 0 fully saturated rings. The number of phenolic OH excluding ortho intramolecular Hbond substituents is 1. The summed E-state index contributed by atoms with van der Waals surface area (Å²) in [6.07, 6.45) is 0.429. The lowest BCUT2D eigenvalue weighted by molar-refractivity contribution is 0.102. The number of aromatic hydroxyl groups is 1. The summed E-state index contributed by atoms with van der Waals surface area (Å²) in [5.74, 6) is -0.300. The van der Waals surface area contributed by atoms with E-state index in [1.165, 1.54) is 26.4 Å². The minimum Gasteiger partial charge on any atom is -0.502 e. The van der Waals surface area contributed by atoms with Crippen molar-refractivity contribution in [2.75, 3.05) is 19.5 Å². The van der Waals surface area contributed by atoms with Gasteiger partial charge in [0.25, 0.3) is 5.91 Å². The van der Waals surface area contributed by atoms with Gasteiger partial charge in [0.15, 0.2) is 11.5 Å². The second-order valence-corrected chi connectivity index (χ2v) is 13.7. The van der Waals surface area contributed by atoms with E-state index in [9.17, 15) is 18.3 Å². The highest BCUT2D eigenvalue weighted by Crippen LogP contribution is 2.43. The van der Waals surface area contributed by atoms with Crippen LogP contribution in [0.4, 0.5) is 5.69 Å². The summed E-state index contributed by atoms with van der Waals surface area (Å²) in [6, 6.07) is 22.7. The van der Waals surface area contributed by atoms with E-state index in [0.717, 1.165) is 16.7 Å². The normalized spacial score (nSPS) is 11.8. The summed E-state index contributed by atoms with van der Waals surface area (Å²) in [4.78, 5) is 13.9. The maximum atomic E-state index is 13.5. The first-order chi connectivity index (χ1) is 20.3. The molecule has 4 aromatic carbocycles. The second kappa shape index (κ2) is 12.5. The highest BCUT2D eigenvalue weighted by molar-refractivity contribution is 7.91. The zero-order chi connectivity index (χ0) is 31.5. The smallest absolute Gasteiger partial charge is 0.259 e. The number of hydrogen-bond donors (Lipinski definition) is 2. The van der Waals surface area contributed by atoms with E-state index in [1.54, 1.807) is 30.3 Å². The second-order valence-electron chi connectivity index (χ2n) is 11.8. The number of hydrogen-bond acceptors (Lipinski definition) is 6. The molecule has 0 aliphatic rings. The Morgan fingerprint density at radius 1 is 0.860 bits per heavy atom. The van der Waals surface area contributed by atoms with Crippen LogP contribution < -0.4 is 14.8 Å². The summed E-state index contributed by atoms with van der Waals surface area (Å²) in [5, 5.41) is 13.8. The van der Waals surface area contributed by atoms with Crippen LogP contribution in [-0.4, -0.2) is 33.7 Å². The van der Waals surface area contributed by atoms with Crippen LogP contribution >= 0.6 is 0 Å². The Kier molecular flexibility index (Phi) is 9.21. The number of carbonyl (C=O) groups excluding carboxylic acids is 1. The molecule has 0 bridgehead atoms. The lowest BCUT2D eigenvalue weighted by atomic mass is 9.87. The third kappa shape index (κ3) is 6.54. The van der Waals surface area contributed by atoms with Gasteiger partial charge in [0.05, 0.1) is 29.6 Å². The minimum atomic E-state index is -3.80. The molecular formula is C35H39NO6S. The number of methoxy groups -OCH3 is 2. The molecule has 0 atom stereocenters. The van der Waals surface area contributed by atoms with Crippen molar-refractivity contribution >= 4 is 21.4 Å². The predicted octanol–water partition coefficient (Wildman–Crippen LogP) is 7.51. The lowest BCUT2D eigenvalue weighted by Crippen LogP contribution is -2.17. The molecule has 0 spiro atoms. The Balaban J connectivity index is 1.67. The molecule has 0 saturated heterocycles. The monoisotopic (exact) mass is 601 g/mol. The largest absolute Gasteiger partial charge is 0.502 e. The van der Waals surface area contributed by atoms with Gasteiger partial charge in [-0.1, -0.05) is 77.1 Å². The molecular weight excluding hydrogens is 562 g/mol. The van der Waals surface area contributed by atoms with E-state index >= 15 is 0 Å². The number of phenols is 1. The fourth-order valence-corrected chi connectivity index (χ4v) is 6.92. The highest BCUT2D eigenvalue weighted by Gasteiger charge is 2.27.